The summed E-state index contributed by atoms with van der Waals surface area (Å²) in [7, 11) is 0. The van der Waals surface area contributed by atoms with Gasteiger partial charge in [0.2, 0.25) is 0 Å². The highest BCUT2D eigenvalue weighted by atomic mass is 79.9. The van der Waals surface area contributed by atoms with Crippen LogP contribution in [0.2, 0.25) is 0 Å². The monoisotopic (exact) mass is 299 g/mol. The fourth-order valence-corrected chi connectivity index (χ4v) is 2.10. The molecule has 4 heteroatoms. The van der Waals surface area contributed by atoms with E-state index >= 15 is 0 Å². The summed E-state index contributed by atoms with van der Waals surface area (Å²) in [6, 6.07) is 2.40. The highest BCUT2D eigenvalue weighted by Crippen LogP contribution is 2.20. The van der Waals surface area contributed by atoms with Crippen LogP contribution >= 0.6 is 15.9 Å². The molecule has 1 aromatic heterocycles. The quantitative estimate of drug-likeness (QED) is 0.828. The van der Waals surface area contributed by atoms with E-state index in [0.717, 1.165) is 22.7 Å². The largest absolute Gasteiger partial charge is 0.367 e. The second-order valence-electron chi connectivity index (χ2n) is 4.99. The number of nitrogens with zero attached hydrogens (tertiary/aromatic N) is 2. The summed E-state index contributed by atoms with van der Waals surface area (Å²) in [6.45, 7) is 10.8. The molecule has 1 rings (SSSR count). The maximum Gasteiger partial charge on any atom is 0.134 e. The van der Waals surface area contributed by atoms with Gasteiger partial charge >= 0.3 is 0 Å². The third kappa shape index (κ3) is 4.26. The first-order chi connectivity index (χ1) is 7.93. The predicted molar refractivity (Wildman–Crippen MR) is 76.4 cm³/mol. The van der Waals surface area contributed by atoms with Gasteiger partial charge in [0, 0.05) is 18.0 Å². The van der Waals surface area contributed by atoms with Gasteiger partial charge in [-0.15, -0.1) is 0 Å². The van der Waals surface area contributed by atoms with Gasteiger partial charge in [-0.1, -0.05) is 34.6 Å². The fourth-order valence-electron chi connectivity index (χ4n) is 1.70. The smallest absolute Gasteiger partial charge is 0.134 e. The molecular formula is C13H22BrN3. The Hall–Kier alpha value is -0.640. The van der Waals surface area contributed by atoms with Crippen molar-refractivity contribution in [3.8, 4) is 0 Å². The molecule has 0 radical (unpaired) electrons. The predicted octanol–water partition coefficient (Wildman–Crippen LogP) is 4.21. The molecule has 0 saturated heterocycles. The number of aromatic nitrogens is 2. The molecule has 1 atom stereocenters. The van der Waals surface area contributed by atoms with Crippen LogP contribution in [0.3, 0.4) is 0 Å². The average molecular weight is 300 g/mol. The molecule has 0 aliphatic carbocycles. The van der Waals surface area contributed by atoms with Crippen molar-refractivity contribution in [2.75, 3.05) is 5.32 Å². The summed E-state index contributed by atoms with van der Waals surface area (Å²) in [5.74, 6) is 2.72. The molecule has 3 nitrogen and oxygen atoms in total. The van der Waals surface area contributed by atoms with Crippen LogP contribution in [0.15, 0.2) is 10.7 Å². The Morgan fingerprint density at radius 2 is 1.88 bits per heavy atom. The molecule has 0 aliphatic rings. The van der Waals surface area contributed by atoms with Gasteiger partial charge in [-0.25, -0.2) is 9.97 Å². The lowest BCUT2D eigenvalue weighted by Crippen LogP contribution is -2.25. The Labute approximate surface area is 113 Å². The number of halogens is 1. The number of hydrogen-bond acceptors (Lipinski definition) is 3. The summed E-state index contributed by atoms with van der Waals surface area (Å²) in [5.41, 5.74) is 0. The van der Waals surface area contributed by atoms with Crippen molar-refractivity contribution >= 4 is 21.7 Å². The molecule has 0 saturated carbocycles. The van der Waals surface area contributed by atoms with E-state index < -0.39 is 0 Å². The third-order valence-corrected chi connectivity index (χ3v) is 3.21. The summed E-state index contributed by atoms with van der Waals surface area (Å²) in [4.78, 5) is 8.93. The van der Waals surface area contributed by atoms with Crippen LogP contribution in [0.4, 0.5) is 5.82 Å². The van der Waals surface area contributed by atoms with E-state index in [0.29, 0.717) is 17.9 Å². The zero-order valence-corrected chi connectivity index (χ0v) is 12.9. The van der Waals surface area contributed by atoms with E-state index in [1.807, 2.05) is 6.07 Å². The van der Waals surface area contributed by atoms with Crippen molar-refractivity contribution < 1.29 is 0 Å². The van der Waals surface area contributed by atoms with E-state index in [2.05, 4.69) is 65.8 Å². The maximum atomic E-state index is 4.55. The lowest BCUT2D eigenvalue weighted by molar-refractivity contribution is 0.509. The molecular weight excluding hydrogens is 278 g/mol. The van der Waals surface area contributed by atoms with Gasteiger partial charge < -0.3 is 5.32 Å². The Morgan fingerprint density at radius 3 is 2.35 bits per heavy atom. The molecule has 0 fully saturated rings. The summed E-state index contributed by atoms with van der Waals surface area (Å²) in [6.07, 6.45) is 1.09. The second kappa shape index (κ2) is 6.34. The van der Waals surface area contributed by atoms with Crippen LogP contribution in [0, 0.1) is 5.92 Å². The molecule has 0 aromatic carbocycles. The van der Waals surface area contributed by atoms with Crippen LogP contribution in [-0.2, 0) is 0 Å². The van der Waals surface area contributed by atoms with Crippen molar-refractivity contribution in [3.05, 3.63) is 16.5 Å². The fraction of sp³-hybridized carbons (Fsp3) is 0.692. The van der Waals surface area contributed by atoms with Crippen molar-refractivity contribution in [2.24, 2.45) is 5.92 Å². The van der Waals surface area contributed by atoms with Crippen LogP contribution < -0.4 is 5.32 Å². The first-order valence-electron chi connectivity index (χ1n) is 6.25. The highest BCUT2D eigenvalue weighted by Gasteiger charge is 2.13. The second-order valence-corrected chi connectivity index (χ2v) is 5.80. The summed E-state index contributed by atoms with van der Waals surface area (Å²) in [5, 5.41) is 3.48. The normalized spacial score (nSPS) is 13.2. The minimum absolute atomic E-state index is 0.340. The van der Waals surface area contributed by atoms with Crippen LogP contribution in [-0.4, -0.2) is 16.0 Å². The molecule has 1 heterocycles. The standard InChI is InChI=1S/C13H22BrN3/c1-6-10(8(2)3)15-12-7-11(14)16-13(17-12)9(4)5/h7-10H,6H2,1-5H3,(H,15,16,17). The van der Waals surface area contributed by atoms with Gasteiger partial charge in [0.1, 0.15) is 16.2 Å². The third-order valence-electron chi connectivity index (χ3n) is 2.81. The van der Waals surface area contributed by atoms with Crippen molar-refractivity contribution in [2.45, 2.75) is 53.0 Å². The highest BCUT2D eigenvalue weighted by molar-refractivity contribution is 9.10. The summed E-state index contributed by atoms with van der Waals surface area (Å²) < 4.78 is 0.845. The summed E-state index contributed by atoms with van der Waals surface area (Å²) >= 11 is 3.44. The van der Waals surface area contributed by atoms with E-state index in [9.17, 15) is 0 Å². The SMILES string of the molecule is CCC(Nc1cc(Br)nc(C(C)C)n1)C(C)C. The topological polar surface area (TPSA) is 37.8 Å². The van der Waals surface area contributed by atoms with Gasteiger partial charge in [-0.05, 0) is 28.3 Å². The van der Waals surface area contributed by atoms with E-state index in [1.54, 1.807) is 0 Å². The maximum absolute atomic E-state index is 4.55. The molecule has 1 unspecified atom stereocenters. The van der Waals surface area contributed by atoms with Crippen LogP contribution in [0.25, 0.3) is 0 Å². The van der Waals surface area contributed by atoms with Gasteiger partial charge in [0.15, 0.2) is 0 Å². The molecule has 96 valence electrons. The Morgan fingerprint density at radius 1 is 1.24 bits per heavy atom. The van der Waals surface area contributed by atoms with Crippen molar-refractivity contribution in [1.29, 1.82) is 0 Å². The number of rotatable bonds is 5. The van der Waals surface area contributed by atoms with E-state index in [-0.39, 0.29) is 0 Å². The van der Waals surface area contributed by atoms with Crippen molar-refractivity contribution in [3.63, 3.8) is 0 Å². The molecule has 0 spiro atoms. The molecule has 0 amide bonds. The lowest BCUT2D eigenvalue weighted by atomic mass is 10.0. The Kier molecular flexibility index (Phi) is 5.37. The van der Waals surface area contributed by atoms with Gasteiger partial charge in [-0.3, -0.25) is 0 Å². The van der Waals surface area contributed by atoms with Gasteiger partial charge in [0.25, 0.3) is 0 Å². The molecule has 1 aromatic rings. The average Bonchev–Trinajstić information content (AvgIpc) is 2.24. The minimum Gasteiger partial charge on any atom is -0.367 e. The van der Waals surface area contributed by atoms with E-state index in [1.165, 1.54) is 0 Å². The minimum atomic E-state index is 0.340. The molecule has 1 N–H and O–H groups in total. The Balaban J connectivity index is 2.90. The van der Waals surface area contributed by atoms with Gasteiger partial charge in [-0.2, -0.15) is 0 Å². The first kappa shape index (κ1) is 14.4. The Bertz CT molecular complexity index is 364. The number of anilines is 1. The molecule has 17 heavy (non-hydrogen) atoms. The van der Waals surface area contributed by atoms with Crippen LogP contribution in [0.1, 0.15) is 52.8 Å². The first-order valence-corrected chi connectivity index (χ1v) is 7.04. The van der Waals surface area contributed by atoms with E-state index in [4.69, 9.17) is 0 Å². The molecule has 0 aliphatic heterocycles. The zero-order valence-electron chi connectivity index (χ0n) is 11.3. The van der Waals surface area contributed by atoms with Gasteiger partial charge in [0.05, 0.1) is 0 Å². The van der Waals surface area contributed by atoms with Crippen LogP contribution in [0.5, 0.6) is 0 Å². The number of nitrogens with one attached hydrogen (secondary N) is 1. The lowest BCUT2D eigenvalue weighted by Gasteiger charge is -2.21. The molecule has 0 bridgehead atoms. The van der Waals surface area contributed by atoms with Crippen molar-refractivity contribution in [1.82, 2.24) is 9.97 Å². The zero-order chi connectivity index (χ0) is 13.0. The number of hydrogen-bond donors (Lipinski definition) is 1.